The van der Waals surface area contributed by atoms with E-state index in [1.54, 1.807) is 12.1 Å². The molecule has 5 rings (SSSR count). The second-order valence-corrected chi connectivity index (χ2v) is 8.57. The van der Waals surface area contributed by atoms with Crippen molar-refractivity contribution in [1.29, 1.82) is 0 Å². The fourth-order valence-electron chi connectivity index (χ4n) is 5.62. The molecule has 2 aromatic carbocycles. The summed E-state index contributed by atoms with van der Waals surface area (Å²) in [5.41, 5.74) is 3.46. The predicted molar refractivity (Wildman–Crippen MR) is 103 cm³/mol. The third-order valence-corrected chi connectivity index (χ3v) is 7.32. The van der Waals surface area contributed by atoms with Crippen LogP contribution in [-0.2, 0) is 0 Å². The van der Waals surface area contributed by atoms with Gasteiger partial charge in [-0.3, -0.25) is 10.1 Å². The zero-order valence-corrected chi connectivity index (χ0v) is 15.5. The maximum Gasteiger partial charge on any atom is 0.269 e. The Bertz CT molecular complexity index is 917. The van der Waals surface area contributed by atoms with Crippen LogP contribution in [0.1, 0.15) is 42.3 Å². The lowest BCUT2D eigenvalue weighted by atomic mass is 9.68. The van der Waals surface area contributed by atoms with E-state index in [0.717, 1.165) is 16.8 Å². The van der Waals surface area contributed by atoms with Gasteiger partial charge in [0.2, 0.25) is 0 Å². The van der Waals surface area contributed by atoms with Crippen LogP contribution < -0.4 is 5.32 Å². The minimum absolute atomic E-state index is 0.166. The molecule has 134 valence electrons. The lowest BCUT2D eigenvalue weighted by molar-refractivity contribution is -0.384. The summed E-state index contributed by atoms with van der Waals surface area (Å²) >= 11 is 12.4. The van der Waals surface area contributed by atoms with E-state index in [1.165, 1.54) is 19.3 Å². The second-order valence-electron chi connectivity index (χ2n) is 7.76. The van der Waals surface area contributed by atoms with Crippen LogP contribution in [0.5, 0.6) is 0 Å². The molecule has 0 unspecified atom stereocenters. The minimum atomic E-state index is -0.298. The van der Waals surface area contributed by atoms with Crippen LogP contribution in [-0.4, -0.2) is 4.92 Å². The number of nitro benzene ring substituents is 1. The van der Waals surface area contributed by atoms with Crippen LogP contribution in [0.3, 0.4) is 0 Å². The van der Waals surface area contributed by atoms with Gasteiger partial charge < -0.3 is 5.32 Å². The molecule has 6 heteroatoms. The van der Waals surface area contributed by atoms with E-state index >= 15 is 0 Å². The second kappa shape index (κ2) is 5.86. The van der Waals surface area contributed by atoms with Gasteiger partial charge in [-0.15, -0.1) is 0 Å². The molecule has 4 nitrogen and oxygen atoms in total. The van der Waals surface area contributed by atoms with Crippen LogP contribution in [0.2, 0.25) is 10.0 Å². The normalized spacial score (nSPS) is 31.2. The molecule has 0 aromatic heterocycles. The van der Waals surface area contributed by atoms with Crippen molar-refractivity contribution in [3.8, 4) is 0 Å². The molecule has 2 bridgehead atoms. The van der Waals surface area contributed by atoms with Crippen molar-refractivity contribution in [2.24, 2.45) is 17.8 Å². The Balaban J connectivity index is 1.63. The van der Waals surface area contributed by atoms with E-state index in [4.69, 9.17) is 23.2 Å². The third-order valence-electron chi connectivity index (χ3n) is 6.58. The average molecular weight is 389 g/mol. The molecule has 2 aromatic rings. The smallest absolute Gasteiger partial charge is 0.269 e. The number of hydrogen-bond donors (Lipinski definition) is 1. The molecular formula is C20H18Cl2N2O2. The van der Waals surface area contributed by atoms with Crippen LogP contribution in [0.15, 0.2) is 36.4 Å². The SMILES string of the molecule is O=[N+]([O-])c1ccc2c(c1)[C@@H]1[C@H]3CC[C@@H](C3)[C@H]1[C@@H](c1ccc(Cl)c(Cl)c1)N2. The minimum Gasteiger partial charge on any atom is -0.378 e. The van der Waals surface area contributed by atoms with Gasteiger partial charge in [0.1, 0.15) is 0 Å². The molecule has 0 radical (unpaired) electrons. The number of anilines is 1. The summed E-state index contributed by atoms with van der Waals surface area (Å²) in [6, 6.07) is 11.3. The Morgan fingerprint density at radius 2 is 1.85 bits per heavy atom. The topological polar surface area (TPSA) is 55.2 Å². The number of nitrogens with zero attached hydrogens (tertiary/aromatic N) is 1. The van der Waals surface area contributed by atoms with Crippen molar-refractivity contribution < 1.29 is 4.92 Å². The van der Waals surface area contributed by atoms with Crippen molar-refractivity contribution in [3.05, 3.63) is 67.7 Å². The number of non-ortho nitro benzene ring substituents is 1. The maximum absolute atomic E-state index is 11.3. The highest BCUT2D eigenvalue weighted by molar-refractivity contribution is 6.42. The highest BCUT2D eigenvalue weighted by atomic mass is 35.5. The van der Waals surface area contributed by atoms with Crippen LogP contribution in [0.25, 0.3) is 0 Å². The quantitative estimate of drug-likeness (QED) is 0.492. The molecule has 2 fully saturated rings. The third kappa shape index (κ3) is 2.35. The molecule has 0 amide bonds. The Morgan fingerprint density at radius 3 is 2.62 bits per heavy atom. The largest absolute Gasteiger partial charge is 0.378 e. The van der Waals surface area contributed by atoms with E-state index in [2.05, 4.69) is 5.32 Å². The predicted octanol–water partition coefficient (Wildman–Crippen LogP) is 6.20. The van der Waals surface area contributed by atoms with Crippen LogP contribution in [0.4, 0.5) is 11.4 Å². The summed E-state index contributed by atoms with van der Waals surface area (Å²) in [4.78, 5) is 11.0. The first-order valence-corrected chi connectivity index (χ1v) is 9.78. The molecule has 1 aliphatic heterocycles. The molecule has 2 saturated carbocycles. The fourth-order valence-corrected chi connectivity index (χ4v) is 5.93. The summed E-state index contributed by atoms with van der Waals surface area (Å²) in [5, 5.41) is 16.0. The van der Waals surface area contributed by atoms with Gasteiger partial charge in [-0.05, 0) is 72.3 Å². The van der Waals surface area contributed by atoms with Gasteiger partial charge in [-0.1, -0.05) is 29.3 Å². The van der Waals surface area contributed by atoms with Crippen molar-refractivity contribution >= 4 is 34.6 Å². The number of hydrogen-bond acceptors (Lipinski definition) is 3. The monoisotopic (exact) mass is 388 g/mol. The standard InChI is InChI=1S/C20H18Cl2N2O2/c21-15-5-3-12(8-16(15)22)20-19-11-2-1-10(7-11)18(19)14-9-13(24(25)26)4-6-17(14)23-20/h3-6,8-11,18-20,23H,1-2,7H2/t10-,11-,18-,19+,20+/m0/s1. The number of fused-ring (bicyclic) bond motifs is 7. The van der Waals surface area contributed by atoms with Crippen molar-refractivity contribution in [1.82, 2.24) is 0 Å². The van der Waals surface area contributed by atoms with Gasteiger partial charge in [-0.25, -0.2) is 0 Å². The van der Waals surface area contributed by atoms with Gasteiger partial charge >= 0.3 is 0 Å². The number of benzene rings is 2. The van der Waals surface area contributed by atoms with E-state index < -0.39 is 0 Å². The summed E-state index contributed by atoms with van der Waals surface area (Å²) in [6.07, 6.45) is 3.69. The molecule has 0 saturated heterocycles. The van der Waals surface area contributed by atoms with Gasteiger partial charge in [0.05, 0.1) is 21.0 Å². The first-order chi connectivity index (χ1) is 12.5. The van der Waals surface area contributed by atoms with Crippen LogP contribution in [0, 0.1) is 27.9 Å². The number of nitrogens with one attached hydrogen (secondary N) is 1. The van der Waals surface area contributed by atoms with Gasteiger partial charge in [0.25, 0.3) is 5.69 Å². The van der Waals surface area contributed by atoms with E-state index in [-0.39, 0.29) is 16.7 Å². The van der Waals surface area contributed by atoms with E-state index in [9.17, 15) is 10.1 Å². The number of rotatable bonds is 2. The summed E-state index contributed by atoms with van der Waals surface area (Å²) in [6.45, 7) is 0. The Hall–Kier alpha value is -1.78. The first kappa shape index (κ1) is 16.4. The zero-order chi connectivity index (χ0) is 18.0. The molecule has 1 N–H and O–H groups in total. The van der Waals surface area contributed by atoms with Gasteiger partial charge in [0.15, 0.2) is 0 Å². The molecule has 2 aliphatic carbocycles. The number of halogens is 2. The highest BCUT2D eigenvalue weighted by Crippen LogP contribution is 2.64. The van der Waals surface area contributed by atoms with Gasteiger partial charge in [0, 0.05) is 17.8 Å². The van der Waals surface area contributed by atoms with E-state index in [0.29, 0.717) is 33.7 Å². The van der Waals surface area contributed by atoms with Gasteiger partial charge in [-0.2, -0.15) is 0 Å². The molecular weight excluding hydrogens is 371 g/mol. The molecule has 3 aliphatic rings. The molecule has 1 heterocycles. The summed E-state index contributed by atoms with van der Waals surface area (Å²) in [5.74, 6) is 2.10. The molecule has 26 heavy (non-hydrogen) atoms. The Morgan fingerprint density at radius 1 is 1.04 bits per heavy atom. The molecule has 0 spiro atoms. The maximum atomic E-state index is 11.3. The first-order valence-electron chi connectivity index (χ1n) is 9.03. The summed E-state index contributed by atoms with van der Waals surface area (Å²) in [7, 11) is 0. The lowest BCUT2D eigenvalue weighted by Crippen LogP contribution is -2.35. The van der Waals surface area contributed by atoms with Crippen LogP contribution >= 0.6 is 23.2 Å². The Kier molecular flexibility index (Phi) is 3.70. The Labute approximate surface area is 161 Å². The highest BCUT2D eigenvalue weighted by Gasteiger charge is 2.54. The molecule has 5 atom stereocenters. The number of nitro groups is 1. The van der Waals surface area contributed by atoms with Crippen molar-refractivity contribution in [3.63, 3.8) is 0 Å². The fraction of sp³-hybridized carbons (Fsp3) is 0.400. The van der Waals surface area contributed by atoms with Crippen molar-refractivity contribution in [2.75, 3.05) is 5.32 Å². The lowest BCUT2D eigenvalue weighted by Gasteiger charge is -2.43. The summed E-state index contributed by atoms with van der Waals surface area (Å²) < 4.78 is 0. The average Bonchev–Trinajstić information content (AvgIpc) is 3.25. The van der Waals surface area contributed by atoms with E-state index in [1.807, 2.05) is 24.3 Å². The zero-order valence-electron chi connectivity index (χ0n) is 14.0. The van der Waals surface area contributed by atoms with Crippen molar-refractivity contribution in [2.45, 2.75) is 31.2 Å².